The molecule has 0 aromatic rings. The molecule has 0 rings (SSSR count). The average Bonchev–Trinajstić information content (AvgIpc) is 3.51. The quantitative estimate of drug-likeness (QED) is 0.0320. The highest BCUT2D eigenvalue weighted by atomic mass is 16.5. The fourth-order valence-electron chi connectivity index (χ4n) is 11.7. The van der Waals surface area contributed by atoms with Crippen LogP contribution in [-0.4, -0.2) is 47.4 Å². The van der Waals surface area contributed by atoms with Gasteiger partial charge in [-0.15, -0.1) is 0 Å². The number of carbonyl (C=O) groups excluding carboxylic acids is 2. The van der Waals surface area contributed by atoms with Crippen molar-refractivity contribution in [3.63, 3.8) is 0 Å². The molecule has 6 nitrogen and oxygen atoms in total. The highest BCUT2D eigenvalue weighted by Gasteiger charge is 2.18. The Bertz CT molecular complexity index is 1470. The topological polar surface area (TPSA) is 95.9 Å². The molecule has 498 valence electrons. The third kappa shape index (κ3) is 70.5. The molecule has 0 aliphatic heterocycles. The predicted octanol–water partition coefficient (Wildman–Crippen LogP) is 25.0. The number of allylic oxidation sites excluding steroid dienone is 9. The zero-order valence-electron chi connectivity index (χ0n) is 57.1. The Kier molecular flexibility index (Phi) is 71.9. The summed E-state index contributed by atoms with van der Waals surface area (Å²) in [4.78, 5) is 24.6. The summed E-state index contributed by atoms with van der Waals surface area (Å²) in [6.45, 7) is 4.89. The van der Waals surface area contributed by atoms with E-state index >= 15 is 0 Å². The lowest BCUT2D eigenvalue weighted by Gasteiger charge is -2.20. The van der Waals surface area contributed by atoms with Gasteiger partial charge in [-0.3, -0.25) is 9.59 Å². The molecule has 1 amide bonds. The van der Waals surface area contributed by atoms with Gasteiger partial charge in [-0.2, -0.15) is 0 Å². The Morgan fingerprint density at radius 2 is 0.600 bits per heavy atom. The molecule has 2 unspecified atom stereocenters. The zero-order chi connectivity index (χ0) is 61.3. The number of nitrogens with one attached hydrogen (secondary N) is 1. The zero-order valence-corrected chi connectivity index (χ0v) is 57.1. The van der Waals surface area contributed by atoms with Gasteiger partial charge >= 0.3 is 5.97 Å². The maximum absolute atomic E-state index is 12.5. The Morgan fingerprint density at radius 1 is 0.329 bits per heavy atom. The van der Waals surface area contributed by atoms with E-state index in [2.05, 4.69) is 67.8 Å². The summed E-state index contributed by atoms with van der Waals surface area (Å²) in [5.41, 5.74) is 0. The van der Waals surface area contributed by atoms with E-state index in [1.807, 2.05) is 6.08 Å². The fourth-order valence-corrected chi connectivity index (χ4v) is 11.7. The van der Waals surface area contributed by atoms with Crippen LogP contribution in [0.4, 0.5) is 0 Å². The summed E-state index contributed by atoms with van der Waals surface area (Å²) in [5, 5.41) is 23.2. The number of amides is 1. The Labute approximate surface area is 530 Å². The lowest BCUT2D eigenvalue weighted by Crippen LogP contribution is -2.45. The van der Waals surface area contributed by atoms with Crippen molar-refractivity contribution in [1.29, 1.82) is 0 Å². The molecule has 0 fully saturated rings. The van der Waals surface area contributed by atoms with E-state index in [9.17, 15) is 19.8 Å². The van der Waals surface area contributed by atoms with E-state index in [1.165, 1.54) is 321 Å². The van der Waals surface area contributed by atoms with Crippen molar-refractivity contribution in [2.45, 2.75) is 418 Å². The van der Waals surface area contributed by atoms with Crippen LogP contribution in [-0.2, 0) is 14.3 Å². The molecule has 0 spiro atoms. The molecule has 0 aromatic carbocycles. The summed E-state index contributed by atoms with van der Waals surface area (Å²) < 4.78 is 5.48. The molecule has 0 aliphatic rings. The van der Waals surface area contributed by atoms with Gasteiger partial charge in [0.15, 0.2) is 0 Å². The van der Waals surface area contributed by atoms with Gasteiger partial charge in [-0.05, 0) is 89.9 Å². The van der Waals surface area contributed by atoms with Crippen molar-refractivity contribution < 1.29 is 24.5 Å². The monoisotopic (exact) mass is 1190 g/mol. The van der Waals surface area contributed by atoms with Gasteiger partial charge in [-0.1, -0.05) is 364 Å². The normalized spacial score (nSPS) is 12.8. The highest BCUT2D eigenvalue weighted by Crippen LogP contribution is 2.19. The van der Waals surface area contributed by atoms with E-state index in [0.717, 1.165) is 57.8 Å². The average molecular weight is 1190 g/mol. The molecule has 0 bridgehead atoms. The fraction of sp³-hybridized carbons (Fsp3) is 0.848. The molecule has 3 N–H and O–H groups in total. The van der Waals surface area contributed by atoms with Crippen molar-refractivity contribution in [1.82, 2.24) is 5.32 Å². The minimum Gasteiger partial charge on any atom is -0.466 e. The van der Waals surface area contributed by atoms with Crippen molar-refractivity contribution in [3.8, 4) is 0 Å². The van der Waals surface area contributed by atoms with Gasteiger partial charge in [0.1, 0.15) is 0 Å². The molecule has 0 heterocycles. The number of unbranched alkanes of at least 4 members (excludes halogenated alkanes) is 52. The summed E-state index contributed by atoms with van der Waals surface area (Å²) >= 11 is 0. The van der Waals surface area contributed by atoms with Crippen molar-refractivity contribution in [2.75, 3.05) is 13.2 Å². The number of aliphatic hydroxyl groups excluding tert-OH is 2. The largest absolute Gasteiger partial charge is 0.466 e. The summed E-state index contributed by atoms with van der Waals surface area (Å²) in [5.74, 6) is -0.0607. The number of hydrogen-bond acceptors (Lipinski definition) is 5. The summed E-state index contributed by atoms with van der Waals surface area (Å²) in [6.07, 6.45) is 99.0. The van der Waals surface area contributed by atoms with E-state index in [0.29, 0.717) is 19.4 Å². The number of carbonyl (C=O) groups is 2. The van der Waals surface area contributed by atoms with Crippen molar-refractivity contribution in [3.05, 3.63) is 60.8 Å². The number of rotatable bonds is 71. The van der Waals surface area contributed by atoms with Gasteiger partial charge in [0.25, 0.3) is 0 Å². The standard InChI is InChI=1S/C79H147NO5/c1-3-5-7-9-11-13-15-17-19-20-38-41-44-47-51-55-59-63-67-71-77(82)76(75-81)80-78(83)72-68-64-60-56-52-48-45-42-39-36-34-32-30-28-26-24-22-21-23-25-27-29-31-33-35-37-40-43-46-50-54-58-62-66-70-74-85-79(84)73-69-65-61-57-53-49-18-16-14-12-10-8-6-4-2/h10,12,16,18,23,25,29,31,67,71,76-77,81-82H,3-9,11,13-15,17,19-22,24,26-28,30,32-66,68-70,72-75H2,1-2H3,(H,80,83)/b12-10-,18-16-,25-23-,31-29-,71-67+. The number of esters is 1. The van der Waals surface area contributed by atoms with Gasteiger partial charge < -0.3 is 20.3 Å². The molecule has 0 radical (unpaired) electrons. The van der Waals surface area contributed by atoms with Crippen LogP contribution in [0.1, 0.15) is 406 Å². The van der Waals surface area contributed by atoms with Crippen molar-refractivity contribution >= 4 is 11.9 Å². The maximum atomic E-state index is 12.5. The first kappa shape index (κ1) is 82.6. The molecule has 0 aliphatic carbocycles. The van der Waals surface area contributed by atoms with Crippen LogP contribution in [0, 0.1) is 0 Å². The second-order valence-electron chi connectivity index (χ2n) is 26.0. The molecule has 6 heteroatoms. The SMILES string of the molecule is CCCC/C=C\C/C=C\CCCCCCCC(=O)OCCCCCCCCCCCCC/C=C\C/C=C\CCCCCCCCCCCCCCCCCCCC(=O)NC(CO)C(O)/C=C/CCCCCCCCCCCCCCCCCCC. The third-order valence-corrected chi connectivity index (χ3v) is 17.5. The van der Waals surface area contributed by atoms with E-state index < -0.39 is 12.1 Å². The van der Waals surface area contributed by atoms with Crippen LogP contribution >= 0.6 is 0 Å². The summed E-state index contributed by atoms with van der Waals surface area (Å²) in [7, 11) is 0. The van der Waals surface area contributed by atoms with Gasteiger partial charge in [-0.25, -0.2) is 0 Å². The number of hydrogen-bond donors (Lipinski definition) is 3. The molecule has 85 heavy (non-hydrogen) atoms. The molecular formula is C79H147NO5. The van der Waals surface area contributed by atoms with E-state index in [-0.39, 0.29) is 18.5 Å². The molecular weight excluding hydrogens is 1040 g/mol. The second-order valence-corrected chi connectivity index (χ2v) is 26.0. The third-order valence-electron chi connectivity index (χ3n) is 17.5. The first-order chi connectivity index (χ1) is 42.0. The Balaban J connectivity index is 3.40. The van der Waals surface area contributed by atoms with Gasteiger partial charge in [0.2, 0.25) is 5.91 Å². The first-order valence-electron chi connectivity index (χ1n) is 38.1. The minimum atomic E-state index is -0.844. The van der Waals surface area contributed by atoms with Crippen LogP contribution in [0.15, 0.2) is 60.8 Å². The Hall–Kier alpha value is -2.44. The molecule has 2 atom stereocenters. The second kappa shape index (κ2) is 74.0. The Morgan fingerprint density at radius 3 is 0.929 bits per heavy atom. The lowest BCUT2D eigenvalue weighted by atomic mass is 10.0. The lowest BCUT2D eigenvalue weighted by molar-refractivity contribution is -0.143. The van der Waals surface area contributed by atoms with Crippen LogP contribution in [0.25, 0.3) is 0 Å². The molecule has 0 saturated carbocycles. The number of aliphatic hydroxyl groups is 2. The van der Waals surface area contributed by atoms with E-state index in [1.54, 1.807) is 6.08 Å². The predicted molar refractivity (Wildman–Crippen MR) is 375 cm³/mol. The molecule has 0 aromatic heterocycles. The van der Waals surface area contributed by atoms with Crippen LogP contribution < -0.4 is 5.32 Å². The van der Waals surface area contributed by atoms with Crippen LogP contribution in [0.2, 0.25) is 0 Å². The minimum absolute atomic E-state index is 0.00185. The van der Waals surface area contributed by atoms with Crippen LogP contribution in [0.3, 0.4) is 0 Å². The smallest absolute Gasteiger partial charge is 0.305 e. The highest BCUT2D eigenvalue weighted by molar-refractivity contribution is 5.76. The van der Waals surface area contributed by atoms with Crippen LogP contribution in [0.5, 0.6) is 0 Å². The van der Waals surface area contributed by atoms with Gasteiger partial charge in [0.05, 0.1) is 25.4 Å². The number of ether oxygens (including phenoxy) is 1. The summed E-state index contributed by atoms with van der Waals surface area (Å²) in [6, 6.07) is -0.628. The molecule has 0 saturated heterocycles. The van der Waals surface area contributed by atoms with Gasteiger partial charge in [0, 0.05) is 12.8 Å². The maximum Gasteiger partial charge on any atom is 0.305 e. The van der Waals surface area contributed by atoms with Crippen molar-refractivity contribution in [2.24, 2.45) is 0 Å². The first-order valence-corrected chi connectivity index (χ1v) is 38.1. The van der Waals surface area contributed by atoms with E-state index in [4.69, 9.17) is 4.74 Å².